The van der Waals surface area contributed by atoms with Crippen molar-refractivity contribution >= 4 is 15.7 Å². The van der Waals surface area contributed by atoms with Crippen molar-refractivity contribution in [3.63, 3.8) is 0 Å². The number of aryl methyl sites for hydroxylation is 2. The lowest BCUT2D eigenvalue weighted by molar-refractivity contribution is 0.445. The molecule has 1 aliphatic carbocycles. The molecule has 2 atom stereocenters. The number of benzene rings is 1. The summed E-state index contributed by atoms with van der Waals surface area (Å²) in [6.07, 6.45) is 3.64. The van der Waals surface area contributed by atoms with Gasteiger partial charge in [0.2, 0.25) is 10.0 Å². The van der Waals surface area contributed by atoms with Gasteiger partial charge in [-0.25, -0.2) is 8.42 Å². The van der Waals surface area contributed by atoms with Crippen LogP contribution in [0.4, 0.5) is 5.69 Å². The molecule has 1 heterocycles. The standard InChI is InChI=1S/C16H24N2O2S/c1-11-7-15(17-3)8-12(2)16(11)21(19,20)18-9-13-5-4-6-14(13)10-18/h7-8,13-14,17H,4-6,9-10H2,1-3H3. The molecule has 3 rings (SSSR count). The van der Waals surface area contributed by atoms with E-state index in [-0.39, 0.29) is 0 Å². The highest BCUT2D eigenvalue weighted by Crippen LogP contribution is 2.40. The zero-order valence-electron chi connectivity index (χ0n) is 13.0. The maximum absolute atomic E-state index is 13.0. The van der Waals surface area contributed by atoms with Crippen LogP contribution in [-0.4, -0.2) is 32.9 Å². The van der Waals surface area contributed by atoms with Gasteiger partial charge in [-0.15, -0.1) is 0 Å². The minimum absolute atomic E-state index is 0.501. The highest BCUT2D eigenvalue weighted by Gasteiger charge is 2.42. The second-order valence-electron chi connectivity index (χ2n) is 6.46. The van der Waals surface area contributed by atoms with Crippen LogP contribution in [0, 0.1) is 25.7 Å². The molecule has 0 aromatic heterocycles. The fourth-order valence-corrected chi connectivity index (χ4v) is 5.98. The van der Waals surface area contributed by atoms with Crippen LogP contribution in [0.1, 0.15) is 30.4 Å². The molecular formula is C16H24N2O2S. The highest BCUT2D eigenvalue weighted by atomic mass is 32.2. The van der Waals surface area contributed by atoms with E-state index in [1.54, 1.807) is 4.31 Å². The number of nitrogens with one attached hydrogen (secondary N) is 1. The van der Waals surface area contributed by atoms with Crippen LogP contribution in [0.2, 0.25) is 0 Å². The van der Waals surface area contributed by atoms with Gasteiger partial charge in [0.1, 0.15) is 0 Å². The Morgan fingerprint density at radius 1 is 1.10 bits per heavy atom. The molecule has 1 aromatic carbocycles. The number of rotatable bonds is 3. The van der Waals surface area contributed by atoms with Crippen LogP contribution in [0.15, 0.2) is 17.0 Å². The molecule has 0 bridgehead atoms. The van der Waals surface area contributed by atoms with Crippen LogP contribution in [0.5, 0.6) is 0 Å². The third-order valence-corrected chi connectivity index (χ3v) is 7.18. The Kier molecular flexibility index (Phi) is 3.74. The average Bonchev–Trinajstić information content (AvgIpc) is 2.98. The molecule has 116 valence electrons. The van der Waals surface area contributed by atoms with Gasteiger partial charge in [-0.05, 0) is 61.8 Å². The fourth-order valence-electron chi connectivity index (χ4n) is 4.02. The molecular weight excluding hydrogens is 284 g/mol. The van der Waals surface area contributed by atoms with Gasteiger partial charge in [0.15, 0.2) is 0 Å². The quantitative estimate of drug-likeness (QED) is 0.934. The van der Waals surface area contributed by atoms with E-state index in [0.717, 1.165) is 16.8 Å². The van der Waals surface area contributed by atoms with Gasteiger partial charge >= 0.3 is 0 Å². The van der Waals surface area contributed by atoms with Crippen molar-refractivity contribution in [2.75, 3.05) is 25.5 Å². The number of hydrogen-bond donors (Lipinski definition) is 1. The van der Waals surface area contributed by atoms with E-state index in [4.69, 9.17) is 0 Å². The summed E-state index contributed by atoms with van der Waals surface area (Å²) in [5.74, 6) is 1.16. The average molecular weight is 308 g/mol. The van der Waals surface area contributed by atoms with Crippen molar-refractivity contribution < 1.29 is 8.42 Å². The number of hydrogen-bond acceptors (Lipinski definition) is 3. The summed E-state index contributed by atoms with van der Waals surface area (Å²) < 4.78 is 27.7. The van der Waals surface area contributed by atoms with E-state index >= 15 is 0 Å². The summed E-state index contributed by atoms with van der Waals surface area (Å²) in [6.45, 7) is 5.19. The van der Waals surface area contributed by atoms with Crippen LogP contribution < -0.4 is 5.32 Å². The molecule has 2 unspecified atom stereocenters. The number of anilines is 1. The Balaban J connectivity index is 1.96. The summed E-state index contributed by atoms with van der Waals surface area (Å²) in [5, 5.41) is 3.08. The molecule has 1 saturated heterocycles. The van der Waals surface area contributed by atoms with Gasteiger partial charge < -0.3 is 5.32 Å². The second kappa shape index (κ2) is 5.29. The Morgan fingerprint density at radius 2 is 1.62 bits per heavy atom. The Hall–Kier alpha value is -1.07. The monoisotopic (exact) mass is 308 g/mol. The van der Waals surface area contributed by atoms with Gasteiger partial charge in [-0.1, -0.05) is 6.42 Å². The maximum atomic E-state index is 13.0. The number of nitrogens with zero attached hydrogens (tertiary/aromatic N) is 1. The maximum Gasteiger partial charge on any atom is 0.243 e. The molecule has 21 heavy (non-hydrogen) atoms. The molecule has 1 saturated carbocycles. The van der Waals surface area contributed by atoms with Gasteiger partial charge in [-0.2, -0.15) is 4.31 Å². The molecule has 0 amide bonds. The van der Waals surface area contributed by atoms with Gasteiger partial charge in [0, 0.05) is 25.8 Å². The van der Waals surface area contributed by atoms with E-state index < -0.39 is 10.0 Å². The first-order chi connectivity index (χ1) is 9.93. The zero-order valence-corrected chi connectivity index (χ0v) is 13.8. The van der Waals surface area contributed by atoms with E-state index in [9.17, 15) is 8.42 Å². The predicted octanol–water partition coefficient (Wildman–Crippen LogP) is 2.77. The lowest BCUT2D eigenvalue weighted by Crippen LogP contribution is -2.30. The number of sulfonamides is 1. The Morgan fingerprint density at radius 3 is 2.10 bits per heavy atom. The summed E-state index contributed by atoms with van der Waals surface area (Å²) >= 11 is 0. The Labute approximate surface area is 127 Å². The smallest absolute Gasteiger partial charge is 0.243 e. The fraction of sp³-hybridized carbons (Fsp3) is 0.625. The minimum Gasteiger partial charge on any atom is -0.388 e. The van der Waals surface area contributed by atoms with E-state index in [0.29, 0.717) is 29.8 Å². The van der Waals surface area contributed by atoms with Crippen molar-refractivity contribution in [1.82, 2.24) is 4.31 Å². The van der Waals surface area contributed by atoms with Crippen LogP contribution >= 0.6 is 0 Å². The van der Waals surface area contributed by atoms with Crippen molar-refractivity contribution in [2.45, 2.75) is 38.0 Å². The lowest BCUT2D eigenvalue weighted by atomic mass is 10.0. The first-order valence-corrected chi connectivity index (χ1v) is 9.16. The summed E-state index contributed by atoms with van der Waals surface area (Å²) in [7, 11) is -1.51. The number of fused-ring (bicyclic) bond motifs is 1. The van der Waals surface area contributed by atoms with E-state index in [2.05, 4.69) is 5.32 Å². The molecule has 5 heteroatoms. The molecule has 2 fully saturated rings. The van der Waals surface area contributed by atoms with Crippen molar-refractivity contribution in [1.29, 1.82) is 0 Å². The highest BCUT2D eigenvalue weighted by molar-refractivity contribution is 7.89. The van der Waals surface area contributed by atoms with Crippen molar-refractivity contribution in [2.24, 2.45) is 11.8 Å². The normalized spacial score (nSPS) is 26.0. The molecule has 2 aliphatic rings. The largest absolute Gasteiger partial charge is 0.388 e. The molecule has 1 N–H and O–H groups in total. The molecule has 4 nitrogen and oxygen atoms in total. The SMILES string of the molecule is CNc1cc(C)c(S(=O)(=O)N2CC3CCCC3C2)c(C)c1. The van der Waals surface area contributed by atoms with E-state index in [1.807, 2.05) is 33.0 Å². The van der Waals surface area contributed by atoms with Crippen LogP contribution in [0.25, 0.3) is 0 Å². The zero-order chi connectivity index (χ0) is 15.2. The second-order valence-corrected chi connectivity index (χ2v) is 8.34. The van der Waals surface area contributed by atoms with Gasteiger partial charge in [0.05, 0.1) is 4.90 Å². The predicted molar refractivity (Wildman–Crippen MR) is 85.1 cm³/mol. The molecule has 1 aromatic rings. The summed E-state index contributed by atoms with van der Waals surface area (Å²) in [5.41, 5.74) is 2.62. The molecule has 0 spiro atoms. The van der Waals surface area contributed by atoms with Crippen LogP contribution in [0.3, 0.4) is 0 Å². The molecule has 1 aliphatic heterocycles. The summed E-state index contributed by atoms with van der Waals surface area (Å²) in [6, 6.07) is 3.83. The van der Waals surface area contributed by atoms with E-state index in [1.165, 1.54) is 19.3 Å². The third-order valence-electron chi connectivity index (χ3n) is 5.04. The van der Waals surface area contributed by atoms with Crippen LogP contribution in [-0.2, 0) is 10.0 Å². The van der Waals surface area contributed by atoms with Gasteiger partial charge in [-0.3, -0.25) is 0 Å². The Bertz CT molecular complexity index is 619. The molecule has 0 radical (unpaired) electrons. The lowest BCUT2D eigenvalue weighted by Gasteiger charge is -2.21. The first kappa shape index (κ1) is 14.9. The van der Waals surface area contributed by atoms with Gasteiger partial charge in [0.25, 0.3) is 0 Å². The topological polar surface area (TPSA) is 49.4 Å². The third kappa shape index (κ3) is 2.46. The summed E-state index contributed by atoms with van der Waals surface area (Å²) in [4.78, 5) is 0.501. The van der Waals surface area contributed by atoms with Crippen molar-refractivity contribution in [3.8, 4) is 0 Å². The minimum atomic E-state index is -3.36. The first-order valence-electron chi connectivity index (χ1n) is 7.72. The van der Waals surface area contributed by atoms with Crippen molar-refractivity contribution in [3.05, 3.63) is 23.3 Å².